The summed E-state index contributed by atoms with van der Waals surface area (Å²) in [6.07, 6.45) is 0.483. The van der Waals surface area contributed by atoms with Crippen molar-refractivity contribution in [1.82, 2.24) is 10.3 Å². The van der Waals surface area contributed by atoms with E-state index in [1.807, 2.05) is 18.2 Å². The number of anilines is 1. The quantitative estimate of drug-likeness (QED) is 0.654. The number of carbonyl (C=O) groups is 1. The van der Waals surface area contributed by atoms with Crippen molar-refractivity contribution in [3.8, 4) is 0 Å². The van der Waals surface area contributed by atoms with E-state index in [1.165, 1.54) is 5.69 Å². The number of nitrogens with one attached hydrogen (secondary N) is 2. The van der Waals surface area contributed by atoms with Gasteiger partial charge in [-0.3, -0.25) is 10.1 Å². The molecular formula is C22H23N3O3. The molecule has 2 aromatic carbocycles. The smallest absolute Gasteiger partial charge is 0.321 e. The van der Waals surface area contributed by atoms with Crippen molar-refractivity contribution in [3.05, 3.63) is 65.4 Å². The minimum Gasteiger partial charge on any atom is -0.480 e. The molecule has 2 aliphatic heterocycles. The number of aromatic amines is 1. The molecule has 28 heavy (non-hydrogen) atoms. The second-order valence-electron chi connectivity index (χ2n) is 7.45. The fourth-order valence-electron chi connectivity index (χ4n) is 4.36. The van der Waals surface area contributed by atoms with Gasteiger partial charge in [-0.05, 0) is 29.3 Å². The molecule has 0 radical (unpaired) electrons. The Bertz CT molecular complexity index is 1010. The van der Waals surface area contributed by atoms with E-state index in [0.29, 0.717) is 6.42 Å². The van der Waals surface area contributed by atoms with E-state index in [1.54, 1.807) is 0 Å². The van der Waals surface area contributed by atoms with Crippen molar-refractivity contribution in [2.45, 2.75) is 18.5 Å². The van der Waals surface area contributed by atoms with E-state index in [2.05, 4.69) is 45.5 Å². The number of carboxylic acids is 1. The molecule has 3 heterocycles. The van der Waals surface area contributed by atoms with Crippen LogP contribution < -0.4 is 10.2 Å². The van der Waals surface area contributed by atoms with Gasteiger partial charge in [0.15, 0.2) is 0 Å². The fourth-order valence-corrected chi connectivity index (χ4v) is 4.36. The number of hydrogen-bond donors (Lipinski definition) is 3. The number of benzene rings is 2. The highest BCUT2D eigenvalue weighted by Crippen LogP contribution is 2.35. The van der Waals surface area contributed by atoms with Crippen LogP contribution in [0.4, 0.5) is 5.69 Å². The Kier molecular flexibility index (Phi) is 4.30. The molecule has 1 saturated heterocycles. The van der Waals surface area contributed by atoms with E-state index in [0.717, 1.165) is 54.0 Å². The normalized spacial score (nSPS) is 22.2. The summed E-state index contributed by atoms with van der Waals surface area (Å²) in [7, 11) is 0. The van der Waals surface area contributed by atoms with Crippen LogP contribution in [0.3, 0.4) is 0 Å². The van der Waals surface area contributed by atoms with Gasteiger partial charge in [0, 0.05) is 41.8 Å². The summed E-state index contributed by atoms with van der Waals surface area (Å²) >= 11 is 0. The lowest BCUT2D eigenvalue weighted by Crippen LogP contribution is -2.45. The average Bonchev–Trinajstić information content (AvgIpc) is 3.12. The van der Waals surface area contributed by atoms with Gasteiger partial charge in [0.05, 0.1) is 19.3 Å². The highest BCUT2D eigenvalue weighted by Gasteiger charge is 2.33. The molecule has 0 bridgehead atoms. The highest BCUT2D eigenvalue weighted by molar-refractivity contribution is 5.87. The van der Waals surface area contributed by atoms with Gasteiger partial charge in [-0.15, -0.1) is 0 Å². The van der Waals surface area contributed by atoms with Gasteiger partial charge >= 0.3 is 5.97 Å². The van der Waals surface area contributed by atoms with Gasteiger partial charge < -0.3 is 19.7 Å². The van der Waals surface area contributed by atoms with E-state index >= 15 is 0 Å². The standard InChI is InChI=1S/C22H23N3O3/c26-22(27)19-13-17-16-3-1-2-4-18(16)23-21(17)20(24-19)14-5-7-15(8-6-14)25-9-11-28-12-10-25/h1-8,19-20,23-24H,9-13H2,(H,26,27)/t19-,20?/m1/s1. The number of fused-ring (bicyclic) bond motifs is 3. The third-order valence-corrected chi connectivity index (χ3v) is 5.81. The zero-order valence-electron chi connectivity index (χ0n) is 15.5. The first-order valence-corrected chi connectivity index (χ1v) is 9.72. The molecule has 1 aromatic heterocycles. The highest BCUT2D eigenvalue weighted by atomic mass is 16.5. The first-order chi connectivity index (χ1) is 13.7. The van der Waals surface area contributed by atoms with Gasteiger partial charge in [-0.2, -0.15) is 0 Å². The van der Waals surface area contributed by atoms with E-state index in [4.69, 9.17) is 4.74 Å². The number of morpholine rings is 1. The van der Waals surface area contributed by atoms with Gasteiger partial charge in [0.25, 0.3) is 0 Å². The second kappa shape index (κ2) is 6.96. The zero-order chi connectivity index (χ0) is 19.1. The summed E-state index contributed by atoms with van der Waals surface area (Å²) in [6, 6.07) is 15.8. The average molecular weight is 377 g/mol. The minimum absolute atomic E-state index is 0.170. The zero-order valence-corrected chi connectivity index (χ0v) is 15.5. The molecule has 6 heteroatoms. The number of ether oxygens (including phenoxy) is 1. The summed E-state index contributed by atoms with van der Waals surface area (Å²) < 4.78 is 5.43. The van der Waals surface area contributed by atoms with Crippen LogP contribution in [0.1, 0.15) is 22.9 Å². The Morgan fingerprint density at radius 3 is 2.57 bits per heavy atom. The molecule has 2 atom stereocenters. The number of nitrogens with zero attached hydrogens (tertiary/aromatic N) is 1. The molecule has 1 fully saturated rings. The third-order valence-electron chi connectivity index (χ3n) is 5.81. The maximum atomic E-state index is 11.8. The molecule has 3 aromatic rings. The van der Waals surface area contributed by atoms with E-state index in [9.17, 15) is 9.90 Å². The molecule has 2 aliphatic rings. The molecule has 5 rings (SSSR count). The van der Waals surface area contributed by atoms with Gasteiger partial charge in [0.1, 0.15) is 6.04 Å². The molecule has 6 nitrogen and oxygen atoms in total. The van der Waals surface area contributed by atoms with Crippen LogP contribution in [-0.4, -0.2) is 48.4 Å². The van der Waals surface area contributed by atoms with Crippen LogP contribution in [0, 0.1) is 0 Å². The Balaban J connectivity index is 1.52. The number of carboxylic acid groups (broad SMARTS) is 1. The van der Waals surface area contributed by atoms with Crippen molar-refractivity contribution in [1.29, 1.82) is 0 Å². The first-order valence-electron chi connectivity index (χ1n) is 9.72. The summed E-state index contributed by atoms with van der Waals surface area (Å²) in [5.41, 5.74) is 5.46. The van der Waals surface area contributed by atoms with Gasteiger partial charge in [-0.25, -0.2) is 0 Å². The SMILES string of the molecule is O=C(O)[C@H]1Cc2c([nH]c3ccccc23)C(c2ccc(N3CCOCC3)cc2)N1. The van der Waals surface area contributed by atoms with Gasteiger partial charge in [0.2, 0.25) is 0 Å². The lowest BCUT2D eigenvalue weighted by atomic mass is 9.90. The summed E-state index contributed by atoms with van der Waals surface area (Å²) in [4.78, 5) is 17.6. The van der Waals surface area contributed by atoms with Crippen molar-refractivity contribution < 1.29 is 14.6 Å². The molecule has 1 unspecified atom stereocenters. The maximum Gasteiger partial charge on any atom is 0.321 e. The second-order valence-corrected chi connectivity index (χ2v) is 7.45. The Labute approximate surface area is 163 Å². The van der Waals surface area contributed by atoms with E-state index in [-0.39, 0.29) is 6.04 Å². The predicted octanol–water partition coefficient (Wildman–Crippen LogP) is 2.69. The van der Waals surface area contributed by atoms with Crippen LogP contribution in [0.5, 0.6) is 0 Å². The number of aliphatic carboxylic acids is 1. The third kappa shape index (κ3) is 2.95. The number of H-pyrrole nitrogens is 1. The summed E-state index contributed by atoms with van der Waals surface area (Å²) in [6.45, 7) is 3.30. The van der Waals surface area contributed by atoms with Crippen LogP contribution >= 0.6 is 0 Å². The lowest BCUT2D eigenvalue weighted by molar-refractivity contribution is -0.139. The van der Waals surface area contributed by atoms with Crippen LogP contribution in [0.2, 0.25) is 0 Å². The fraction of sp³-hybridized carbons (Fsp3) is 0.318. The van der Waals surface area contributed by atoms with Crippen molar-refractivity contribution in [3.63, 3.8) is 0 Å². The maximum absolute atomic E-state index is 11.8. The topological polar surface area (TPSA) is 77.6 Å². The molecular weight excluding hydrogens is 354 g/mol. The Morgan fingerprint density at radius 2 is 1.82 bits per heavy atom. The molecule has 0 aliphatic carbocycles. The summed E-state index contributed by atoms with van der Waals surface area (Å²) in [5, 5.41) is 14.1. The number of hydrogen-bond acceptors (Lipinski definition) is 4. The van der Waals surface area contributed by atoms with Crippen LogP contribution in [0.15, 0.2) is 48.5 Å². The monoisotopic (exact) mass is 377 g/mol. The van der Waals surface area contributed by atoms with Crippen molar-refractivity contribution in [2.24, 2.45) is 0 Å². The molecule has 0 spiro atoms. The number of para-hydroxylation sites is 1. The van der Waals surface area contributed by atoms with E-state index < -0.39 is 12.0 Å². The Morgan fingerprint density at radius 1 is 1.07 bits per heavy atom. The molecule has 144 valence electrons. The van der Waals surface area contributed by atoms with Crippen LogP contribution in [0.25, 0.3) is 10.9 Å². The van der Waals surface area contributed by atoms with Crippen molar-refractivity contribution in [2.75, 3.05) is 31.2 Å². The minimum atomic E-state index is -0.814. The lowest BCUT2D eigenvalue weighted by Gasteiger charge is -2.31. The van der Waals surface area contributed by atoms with Crippen molar-refractivity contribution >= 4 is 22.6 Å². The number of aromatic nitrogens is 1. The van der Waals surface area contributed by atoms with Crippen LogP contribution in [-0.2, 0) is 16.0 Å². The van der Waals surface area contributed by atoms with Gasteiger partial charge in [-0.1, -0.05) is 30.3 Å². The predicted molar refractivity (Wildman–Crippen MR) is 108 cm³/mol. The number of rotatable bonds is 3. The first kappa shape index (κ1) is 17.3. The summed E-state index contributed by atoms with van der Waals surface area (Å²) in [5.74, 6) is -0.814. The Hall–Kier alpha value is -2.83. The molecule has 3 N–H and O–H groups in total. The molecule has 0 amide bonds. The molecule has 0 saturated carbocycles. The largest absolute Gasteiger partial charge is 0.480 e.